The van der Waals surface area contributed by atoms with Crippen LogP contribution in [0.25, 0.3) is 0 Å². The fourth-order valence-electron chi connectivity index (χ4n) is 3.61. The zero-order chi connectivity index (χ0) is 12.4. The van der Waals surface area contributed by atoms with Gasteiger partial charge in [-0.3, -0.25) is 0 Å². The van der Waals surface area contributed by atoms with E-state index in [1.807, 2.05) is 0 Å². The van der Waals surface area contributed by atoms with Crippen molar-refractivity contribution in [2.24, 2.45) is 5.73 Å². The van der Waals surface area contributed by atoms with Crippen molar-refractivity contribution in [3.8, 4) is 0 Å². The summed E-state index contributed by atoms with van der Waals surface area (Å²) in [6.45, 7) is 3.55. The molecule has 98 valence electrons. The summed E-state index contributed by atoms with van der Waals surface area (Å²) in [5.74, 6) is 0.736. The Morgan fingerprint density at radius 1 is 1.17 bits per heavy atom. The lowest BCUT2D eigenvalue weighted by molar-refractivity contribution is 0.192. The molecule has 1 fully saturated rings. The second-order valence-electron chi connectivity index (χ2n) is 5.95. The van der Waals surface area contributed by atoms with Gasteiger partial charge < -0.3 is 10.6 Å². The van der Waals surface area contributed by atoms with Gasteiger partial charge in [0.15, 0.2) is 0 Å². The van der Waals surface area contributed by atoms with Gasteiger partial charge in [-0.05, 0) is 55.7 Å². The molecule has 3 rings (SSSR count). The normalized spacial score (nSPS) is 28.9. The van der Waals surface area contributed by atoms with Crippen LogP contribution >= 0.6 is 0 Å². The third-order valence-electron chi connectivity index (χ3n) is 4.51. The maximum Gasteiger partial charge on any atom is 0.0168 e. The van der Waals surface area contributed by atoms with Crippen LogP contribution in [0.2, 0.25) is 0 Å². The summed E-state index contributed by atoms with van der Waals surface area (Å²) in [5.41, 5.74) is 9.26. The molecule has 1 aliphatic heterocycles. The standard InChI is InChI=1S/C16H24N2/c17-15-8-4-10-18(12-15)11-14-7-3-6-13-5-1-2-9-16(13)14/h1-2,5,9,14-15H,3-4,6-8,10-12,17H2. The van der Waals surface area contributed by atoms with E-state index in [0.29, 0.717) is 6.04 Å². The number of fused-ring (bicyclic) bond motifs is 1. The van der Waals surface area contributed by atoms with Crippen LogP contribution in [0.3, 0.4) is 0 Å². The molecule has 1 aliphatic carbocycles. The SMILES string of the molecule is NC1CCCN(CC2CCCc3ccccc32)C1. The molecule has 0 aromatic heterocycles. The van der Waals surface area contributed by atoms with E-state index in [-0.39, 0.29) is 0 Å². The highest BCUT2D eigenvalue weighted by Gasteiger charge is 2.24. The molecule has 2 unspecified atom stereocenters. The van der Waals surface area contributed by atoms with Gasteiger partial charge in [-0.1, -0.05) is 24.3 Å². The number of piperidine rings is 1. The topological polar surface area (TPSA) is 29.3 Å². The average Bonchev–Trinajstić information content (AvgIpc) is 2.39. The fraction of sp³-hybridized carbons (Fsp3) is 0.625. The Hall–Kier alpha value is -0.860. The van der Waals surface area contributed by atoms with Crippen LogP contribution in [0.5, 0.6) is 0 Å². The third kappa shape index (κ3) is 2.60. The van der Waals surface area contributed by atoms with Crippen molar-refractivity contribution in [1.82, 2.24) is 4.90 Å². The minimum atomic E-state index is 0.401. The number of likely N-dealkylation sites (tertiary alicyclic amines) is 1. The number of rotatable bonds is 2. The average molecular weight is 244 g/mol. The van der Waals surface area contributed by atoms with E-state index in [1.165, 1.54) is 45.2 Å². The second kappa shape index (κ2) is 5.41. The van der Waals surface area contributed by atoms with Crippen LogP contribution in [0.15, 0.2) is 24.3 Å². The molecule has 2 atom stereocenters. The Bertz CT molecular complexity index is 402. The predicted molar refractivity (Wildman–Crippen MR) is 75.8 cm³/mol. The number of hydrogen-bond donors (Lipinski definition) is 1. The lowest BCUT2D eigenvalue weighted by Crippen LogP contribution is -2.44. The van der Waals surface area contributed by atoms with Gasteiger partial charge in [0, 0.05) is 19.1 Å². The zero-order valence-corrected chi connectivity index (χ0v) is 11.1. The van der Waals surface area contributed by atoms with E-state index in [1.54, 1.807) is 11.1 Å². The van der Waals surface area contributed by atoms with Gasteiger partial charge in [-0.25, -0.2) is 0 Å². The summed E-state index contributed by atoms with van der Waals surface area (Å²) in [7, 11) is 0. The van der Waals surface area contributed by atoms with Gasteiger partial charge in [0.1, 0.15) is 0 Å². The van der Waals surface area contributed by atoms with Gasteiger partial charge >= 0.3 is 0 Å². The molecule has 1 saturated heterocycles. The molecular formula is C16H24N2. The largest absolute Gasteiger partial charge is 0.327 e. The number of nitrogens with two attached hydrogens (primary N) is 1. The van der Waals surface area contributed by atoms with Crippen molar-refractivity contribution in [1.29, 1.82) is 0 Å². The summed E-state index contributed by atoms with van der Waals surface area (Å²) in [4.78, 5) is 2.58. The lowest BCUT2D eigenvalue weighted by atomic mass is 9.82. The van der Waals surface area contributed by atoms with Gasteiger partial charge in [0.2, 0.25) is 0 Å². The summed E-state index contributed by atoms with van der Waals surface area (Å²) < 4.78 is 0. The molecular weight excluding hydrogens is 220 g/mol. The number of nitrogens with zero attached hydrogens (tertiary/aromatic N) is 1. The lowest BCUT2D eigenvalue weighted by Gasteiger charge is -2.35. The maximum atomic E-state index is 6.08. The van der Waals surface area contributed by atoms with E-state index in [9.17, 15) is 0 Å². The Kier molecular flexibility index (Phi) is 3.67. The molecule has 2 N–H and O–H groups in total. The van der Waals surface area contributed by atoms with E-state index in [2.05, 4.69) is 29.2 Å². The summed E-state index contributed by atoms with van der Waals surface area (Å²) in [6, 6.07) is 9.42. The minimum Gasteiger partial charge on any atom is -0.327 e. The Morgan fingerprint density at radius 2 is 2.06 bits per heavy atom. The Balaban J connectivity index is 1.70. The fourth-order valence-corrected chi connectivity index (χ4v) is 3.61. The molecule has 0 saturated carbocycles. The summed E-state index contributed by atoms with van der Waals surface area (Å²) in [6.07, 6.45) is 6.45. The first-order valence-electron chi connectivity index (χ1n) is 7.38. The molecule has 0 amide bonds. The van der Waals surface area contributed by atoms with Crippen LogP contribution < -0.4 is 5.73 Å². The van der Waals surface area contributed by atoms with Crippen LogP contribution in [0.4, 0.5) is 0 Å². The van der Waals surface area contributed by atoms with Gasteiger partial charge in [0.05, 0.1) is 0 Å². The number of aryl methyl sites for hydroxylation is 1. The van der Waals surface area contributed by atoms with E-state index in [0.717, 1.165) is 12.5 Å². The van der Waals surface area contributed by atoms with Gasteiger partial charge in [-0.2, -0.15) is 0 Å². The highest BCUT2D eigenvalue weighted by atomic mass is 15.1. The molecule has 18 heavy (non-hydrogen) atoms. The first-order chi connectivity index (χ1) is 8.83. The molecule has 0 bridgehead atoms. The first-order valence-corrected chi connectivity index (χ1v) is 7.38. The maximum absolute atomic E-state index is 6.08. The summed E-state index contributed by atoms with van der Waals surface area (Å²) in [5, 5.41) is 0. The Labute approximate surface area is 110 Å². The number of benzene rings is 1. The highest BCUT2D eigenvalue weighted by Crippen LogP contribution is 2.32. The second-order valence-corrected chi connectivity index (χ2v) is 5.95. The van der Waals surface area contributed by atoms with E-state index < -0.39 is 0 Å². The molecule has 2 aliphatic rings. The minimum absolute atomic E-state index is 0.401. The van der Waals surface area contributed by atoms with Crippen molar-refractivity contribution in [2.45, 2.75) is 44.1 Å². The van der Waals surface area contributed by atoms with Crippen LogP contribution in [0, 0.1) is 0 Å². The monoisotopic (exact) mass is 244 g/mol. The molecule has 0 radical (unpaired) electrons. The quantitative estimate of drug-likeness (QED) is 0.866. The van der Waals surface area contributed by atoms with Crippen LogP contribution in [-0.4, -0.2) is 30.6 Å². The molecule has 2 heteroatoms. The van der Waals surface area contributed by atoms with Crippen LogP contribution in [0.1, 0.15) is 42.7 Å². The van der Waals surface area contributed by atoms with Gasteiger partial charge in [0.25, 0.3) is 0 Å². The number of hydrogen-bond acceptors (Lipinski definition) is 2. The van der Waals surface area contributed by atoms with E-state index >= 15 is 0 Å². The van der Waals surface area contributed by atoms with E-state index in [4.69, 9.17) is 5.73 Å². The van der Waals surface area contributed by atoms with Crippen molar-refractivity contribution < 1.29 is 0 Å². The molecule has 1 aromatic carbocycles. The van der Waals surface area contributed by atoms with Crippen LogP contribution in [-0.2, 0) is 6.42 Å². The first kappa shape index (κ1) is 12.2. The molecule has 0 spiro atoms. The highest BCUT2D eigenvalue weighted by molar-refractivity contribution is 5.32. The Morgan fingerprint density at radius 3 is 2.94 bits per heavy atom. The molecule has 1 heterocycles. The third-order valence-corrected chi connectivity index (χ3v) is 4.51. The zero-order valence-electron chi connectivity index (χ0n) is 11.1. The summed E-state index contributed by atoms with van der Waals surface area (Å²) >= 11 is 0. The molecule has 1 aromatic rings. The van der Waals surface area contributed by atoms with Crippen molar-refractivity contribution in [3.05, 3.63) is 35.4 Å². The van der Waals surface area contributed by atoms with Crippen molar-refractivity contribution in [3.63, 3.8) is 0 Å². The van der Waals surface area contributed by atoms with Crippen molar-refractivity contribution >= 4 is 0 Å². The van der Waals surface area contributed by atoms with Crippen molar-refractivity contribution in [2.75, 3.05) is 19.6 Å². The smallest absolute Gasteiger partial charge is 0.0168 e. The molecule has 2 nitrogen and oxygen atoms in total. The van der Waals surface area contributed by atoms with Gasteiger partial charge in [-0.15, -0.1) is 0 Å². The predicted octanol–water partition coefficient (Wildman–Crippen LogP) is 2.53.